The Morgan fingerprint density at radius 3 is 2.75 bits per heavy atom. The van der Waals surface area contributed by atoms with Gasteiger partial charge in [0.15, 0.2) is 0 Å². The molecule has 0 atom stereocenters. The summed E-state index contributed by atoms with van der Waals surface area (Å²) in [7, 11) is 0. The third-order valence-corrected chi connectivity index (χ3v) is 5.29. The first kappa shape index (κ1) is 23.6. The molecule has 0 aliphatic carbocycles. The van der Waals surface area contributed by atoms with Crippen molar-refractivity contribution in [2.75, 3.05) is 13.2 Å². The number of aliphatic hydroxyl groups is 1. The predicted molar refractivity (Wildman–Crippen MR) is 117 cm³/mol. The van der Waals surface area contributed by atoms with Crippen molar-refractivity contribution in [3.63, 3.8) is 0 Å². The highest BCUT2D eigenvalue weighted by Gasteiger charge is 2.16. The Kier molecular flexibility index (Phi) is 7.70. The molecule has 0 saturated carbocycles. The first-order valence-corrected chi connectivity index (χ1v) is 10.4. The van der Waals surface area contributed by atoms with Gasteiger partial charge in [0.1, 0.15) is 29.0 Å². The summed E-state index contributed by atoms with van der Waals surface area (Å²) in [5.41, 5.74) is 1.15. The number of carbonyl (C=O) groups is 1. The number of aromatic nitrogens is 2. The van der Waals surface area contributed by atoms with Gasteiger partial charge in [0.2, 0.25) is 5.88 Å². The van der Waals surface area contributed by atoms with Crippen LogP contribution in [0, 0.1) is 18.6 Å². The van der Waals surface area contributed by atoms with E-state index in [0.29, 0.717) is 24.2 Å². The highest BCUT2D eigenvalue weighted by Crippen LogP contribution is 2.22. The minimum atomic E-state index is -0.765. The second-order valence-electron chi connectivity index (χ2n) is 6.90. The van der Waals surface area contributed by atoms with Crippen molar-refractivity contribution in [1.29, 1.82) is 0 Å². The molecule has 0 fully saturated rings. The van der Waals surface area contributed by atoms with Crippen LogP contribution >= 0.6 is 15.9 Å². The Morgan fingerprint density at radius 1 is 1.25 bits per heavy atom. The van der Waals surface area contributed by atoms with Crippen molar-refractivity contribution in [3.8, 4) is 11.6 Å². The van der Waals surface area contributed by atoms with Crippen molar-refractivity contribution in [2.24, 2.45) is 0 Å². The molecule has 1 amide bonds. The number of carbonyl (C=O) groups excluding carboxylic acids is 1. The molecular weight excluding hydrogens is 488 g/mol. The van der Waals surface area contributed by atoms with Crippen LogP contribution in [-0.4, -0.2) is 33.7 Å². The average Bonchev–Trinajstić information content (AvgIpc) is 2.76. The van der Waals surface area contributed by atoms with Crippen LogP contribution in [0.2, 0.25) is 0 Å². The van der Waals surface area contributed by atoms with Gasteiger partial charge in [-0.25, -0.2) is 13.8 Å². The minimum absolute atomic E-state index is 0.0136. The van der Waals surface area contributed by atoms with E-state index in [9.17, 15) is 18.4 Å². The molecular formula is C22H20BrF2N3O4. The first-order chi connectivity index (χ1) is 15.3. The largest absolute Gasteiger partial charge is 0.472 e. The predicted octanol–water partition coefficient (Wildman–Crippen LogP) is 3.27. The highest BCUT2D eigenvalue weighted by molar-refractivity contribution is 9.10. The molecule has 2 N–H and O–H groups in total. The number of halogens is 3. The number of aliphatic hydroxyl groups excluding tert-OH is 1. The molecule has 0 aliphatic rings. The van der Waals surface area contributed by atoms with Gasteiger partial charge in [-0.1, -0.05) is 6.07 Å². The SMILES string of the molecule is Cc1ccc(C(=O)NCCCO)cc1-n1cnc(OCc2ccc(F)cc2F)c(Br)c1=O. The van der Waals surface area contributed by atoms with Crippen molar-refractivity contribution in [1.82, 2.24) is 14.9 Å². The van der Waals surface area contributed by atoms with E-state index < -0.39 is 17.2 Å². The number of ether oxygens (including phenoxy) is 1. The highest BCUT2D eigenvalue weighted by atomic mass is 79.9. The van der Waals surface area contributed by atoms with Crippen LogP contribution in [0.15, 0.2) is 52.0 Å². The fourth-order valence-corrected chi connectivity index (χ4v) is 3.27. The van der Waals surface area contributed by atoms with E-state index in [1.54, 1.807) is 25.1 Å². The fraction of sp³-hybridized carbons (Fsp3) is 0.227. The maximum Gasteiger partial charge on any atom is 0.276 e. The number of amides is 1. The van der Waals surface area contributed by atoms with E-state index in [0.717, 1.165) is 17.7 Å². The fourth-order valence-electron chi connectivity index (χ4n) is 2.87. The zero-order valence-corrected chi connectivity index (χ0v) is 18.7. The van der Waals surface area contributed by atoms with E-state index in [4.69, 9.17) is 9.84 Å². The van der Waals surface area contributed by atoms with Gasteiger partial charge in [0.25, 0.3) is 11.5 Å². The molecule has 0 bridgehead atoms. The lowest BCUT2D eigenvalue weighted by Gasteiger charge is -2.13. The van der Waals surface area contributed by atoms with Crippen LogP contribution < -0.4 is 15.6 Å². The van der Waals surface area contributed by atoms with Crippen LogP contribution in [0.25, 0.3) is 5.69 Å². The maximum absolute atomic E-state index is 13.8. The zero-order valence-electron chi connectivity index (χ0n) is 17.1. The van der Waals surface area contributed by atoms with E-state index in [1.807, 2.05) is 0 Å². The number of aryl methyl sites for hydroxylation is 1. The van der Waals surface area contributed by atoms with Gasteiger partial charge < -0.3 is 15.2 Å². The Labute approximate surface area is 190 Å². The Morgan fingerprint density at radius 2 is 2.03 bits per heavy atom. The second kappa shape index (κ2) is 10.5. The maximum atomic E-state index is 13.8. The first-order valence-electron chi connectivity index (χ1n) is 9.65. The van der Waals surface area contributed by atoms with Crippen LogP contribution in [0.5, 0.6) is 5.88 Å². The molecule has 1 heterocycles. The molecule has 0 unspecified atom stereocenters. The van der Waals surface area contributed by atoms with Crippen molar-refractivity contribution >= 4 is 21.8 Å². The summed E-state index contributed by atoms with van der Waals surface area (Å²) in [5, 5.41) is 11.5. The van der Waals surface area contributed by atoms with E-state index in [2.05, 4.69) is 26.2 Å². The molecule has 0 saturated heterocycles. The number of hydrogen-bond acceptors (Lipinski definition) is 5. The summed E-state index contributed by atoms with van der Waals surface area (Å²) < 4.78 is 33.6. The van der Waals surface area contributed by atoms with Crippen molar-refractivity contribution in [2.45, 2.75) is 20.0 Å². The van der Waals surface area contributed by atoms with Crippen molar-refractivity contribution in [3.05, 3.63) is 85.9 Å². The van der Waals surface area contributed by atoms with Crippen LogP contribution in [0.3, 0.4) is 0 Å². The van der Waals surface area contributed by atoms with E-state index >= 15 is 0 Å². The molecule has 168 valence electrons. The molecule has 3 aromatic rings. The molecule has 2 aromatic carbocycles. The van der Waals surface area contributed by atoms with Gasteiger partial charge in [-0.15, -0.1) is 0 Å². The number of nitrogens with zero attached hydrogens (tertiary/aromatic N) is 2. The molecule has 32 heavy (non-hydrogen) atoms. The van der Waals surface area contributed by atoms with Crippen LogP contribution in [-0.2, 0) is 6.61 Å². The lowest BCUT2D eigenvalue weighted by atomic mass is 10.1. The van der Waals surface area contributed by atoms with Crippen molar-refractivity contribution < 1.29 is 23.4 Å². The summed E-state index contributed by atoms with van der Waals surface area (Å²) in [6.45, 7) is 1.83. The van der Waals surface area contributed by atoms with Crippen LogP contribution in [0.1, 0.15) is 27.9 Å². The minimum Gasteiger partial charge on any atom is -0.472 e. The number of benzene rings is 2. The van der Waals surface area contributed by atoms with Gasteiger partial charge in [-0.3, -0.25) is 14.2 Å². The van der Waals surface area contributed by atoms with Gasteiger partial charge in [0, 0.05) is 30.3 Å². The molecule has 10 heteroatoms. The summed E-state index contributed by atoms with van der Waals surface area (Å²) >= 11 is 3.17. The zero-order chi connectivity index (χ0) is 23.3. The van der Waals surface area contributed by atoms with E-state index in [-0.39, 0.29) is 35.0 Å². The van der Waals surface area contributed by atoms with Gasteiger partial charge in [-0.05, 0) is 59.1 Å². The molecule has 0 radical (unpaired) electrons. The number of hydrogen-bond donors (Lipinski definition) is 2. The second-order valence-corrected chi connectivity index (χ2v) is 7.69. The Hall–Kier alpha value is -3.11. The summed E-state index contributed by atoms with van der Waals surface area (Å²) in [6, 6.07) is 8.01. The molecule has 3 rings (SSSR count). The van der Waals surface area contributed by atoms with Gasteiger partial charge in [-0.2, -0.15) is 0 Å². The average molecular weight is 508 g/mol. The lowest BCUT2D eigenvalue weighted by molar-refractivity contribution is 0.0951. The Bertz CT molecular complexity index is 1200. The summed E-state index contributed by atoms with van der Waals surface area (Å²) in [5.74, 6) is -1.85. The monoisotopic (exact) mass is 507 g/mol. The molecule has 7 nitrogen and oxygen atoms in total. The third kappa shape index (κ3) is 5.38. The van der Waals surface area contributed by atoms with Gasteiger partial charge in [0.05, 0.1) is 5.69 Å². The summed E-state index contributed by atoms with van der Waals surface area (Å²) in [6.07, 6.45) is 1.68. The topological polar surface area (TPSA) is 93.5 Å². The molecule has 0 aliphatic heterocycles. The number of nitrogens with one attached hydrogen (secondary N) is 1. The lowest BCUT2D eigenvalue weighted by Crippen LogP contribution is -2.26. The third-order valence-electron chi connectivity index (χ3n) is 4.62. The Balaban J connectivity index is 1.85. The normalized spacial score (nSPS) is 10.8. The molecule has 0 spiro atoms. The molecule has 1 aromatic heterocycles. The van der Waals surface area contributed by atoms with E-state index in [1.165, 1.54) is 17.0 Å². The summed E-state index contributed by atoms with van der Waals surface area (Å²) in [4.78, 5) is 29.3. The van der Waals surface area contributed by atoms with Crippen LogP contribution in [0.4, 0.5) is 8.78 Å². The quantitative estimate of drug-likeness (QED) is 0.456. The smallest absolute Gasteiger partial charge is 0.276 e. The number of rotatable bonds is 8. The van der Waals surface area contributed by atoms with Gasteiger partial charge >= 0.3 is 0 Å². The standard InChI is InChI=1S/C22H20BrF2N3O4/c1-13-3-4-14(20(30)26-7-2-8-29)9-18(13)28-12-27-21(19(23)22(28)31)32-11-15-5-6-16(24)10-17(15)25/h3-6,9-10,12,29H,2,7-8,11H2,1H3,(H,26,30).